The summed E-state index contributed by atoms with van der Waals surface area (Å²) < 4.78 is 4.89. The maximum atomic E-state index is 11.9. The van der Waals surface area contributed by atoms with Crippen molar-refractivity contribution in [1.82, 2.24) is 10.6 Å². The molecular formula is C15H28N2O5. The molecule has 3 N–H and O–H groups in total. The van der Waals surface area contributed by atoms with Crippen molar-refractivity contribution in [3.8, 4) is 0 Å². The minimum atomic E-state index is -1.33. The molecule has 2 atom stereocenters. The topological polar surface area (TPSA) is 105 Å². The van der Waals surface area contributed by atoms with Gasteiger partial charge in [-0.2, -0.15) is 0 Å². The molecule has 0 aromatic rings. The molecule has 0 heterocycles. The predicted octanol–water partition coefficient (Wildman–Crippen LogP) is 0.358. The highest BCUT2D eigenvalue weighted by molar-refractivity contribution is 5.87. The summed E-state index contributed by atoms with van der Waals surface area (Å²) in [5, 5.41) is 14.9. The van der Waals surface area contributed by atoms with Gasteiger partial charge in [-0.15, -0.1) is 0 Å². The molecule has 0 aromatic carbocycles. The maximum Gasteiger partial charge on any atom is 0.328 e. The number of amides is 2. The Balaban J connectivity index is 4.36. The lowest BCUT2D eigenvalue weighted by molar-refractivity contribution is -0.150. The van der Waals surface area contributed by atoms with Crippen molar-refractivity contribution in [1.29, 1.82) is 0 Å². The van der Waals surface area contributed by atoms with Crippen molar-refractivity contribution in [2.75, 3.05) is 13.2 Å². The molecular weight excluding hydrogens is 288 g/mol. The Hall–Kier alpha value is -1.63. The third-order valence-corrected chi connectivity index (χ3v) is 3.02. The molecule has 0 spiro atoms. The van der Waals surface area contributed by atoms with Crippen LogP contribution in [0.2, 0.25) is 0 Å². The zero-order valence-corrected chi connectivity index (χ0v) is 13.8. The molecule has 0 aliphatic rings. The number of nitrogens with one attached hydrogen (secondary N) is 2. The molecule has 0 radical (unpaired) electrons. The first-order valence-corrected chi connectivity index (χ1v) is 7.75. The molecule has 0 saturated carbocycles. The quantitative estimate of drug-likeness (QED) is 0.505. The van der Waals surface area contributed by atoms with E-state index >= 15 is 0 Å². The average Bonchev–Trinajstić information content (AvgIpc) is 2.47. The Labute approximate surface area is 131 Å². The molecule has 2 amide bonds. The number of carbonyl (C=O) groups is 3. The zero-order valence-electron chi connectivity index (χ0n) is 13.8. The van der Waals surface area contributed by atoms with Crippen LogP contribution >= 0.6 is 0 Å². The minimum Gasteiger partial charge on any atom is -0.464 e. The van der Waals surface area contributed by atoms with Crippen LogP contribution in [0.4, 0.5) is 0 Å². The number of rotatable bonds is 10. The van der Waals surface area contributed by atoms with Gasteiger partial charge < -0.3 is 20.5 Å². The van der Waals surface area contributed by atoms with Gasteiger partial charge in [0.15, 0.2) is 0 Å². The highest BCUT2D eigenvalue weighted by Crippen LogP contribution is 2.06. The van der Waals surface area contributed by atoms with Crippen molar-refractivity contribution in [2.45, 2.75) is 59.1 Å². The predicted molar refractivity (Wildman–Crippen MR) is 81.9 cm³/mol. The van der Waals surface area contributed by atoms with Gasteiger partial charge in [0.05, 0.1) is 6.61 Å². The molecule has 7 nitrogen and oxygen atoms in total. The van der Waals surface area contributed by atoms with Crippen LogP contribution in [0.15, 0.2) is 0 Å². The SMILES string of the molecule is CCCNC(=O)CC[C@@H](O)C(=O)NC(C(=O)OCC)C(C)C. The molecule has 22 heavy (non-hydrogen) atoms. The van der Waals surface area contributed by atoms with E-state index in [1.54, 1.807) is 20.8 Å². The van der Waals surface area contributed by atoms with Gasteiger partial charge in [-0.1, -0.05) is 20.8 Å². The number of esters is 1. The van der Waals surface area contributed by atoms with E-state index in [4.69, 9.17) is 4.74 Å². The lowest BCUT2D eigenvalue weighted by atomic mass is 10.0. The fourth-order valence-corrected chi connectivity index (χ4v) is 1.73. The van der Waals surface area contributed by atoms with E-state index in [-0.39, 0.29) is 31.3 Å². The standard InChI is InChI=1S/C15H28N2O5/c1-5-9-16-12(19)8-7-11(18)14(20)17-13(10(3)4)15(21)22-6-2/h10-11,13,18H,5-9H2,1-4H3,(H,16,19)(H,17,20)/t11-,13?/m1/s1. The summed E-state index contributed by atoms with van der Waals surface area (Å²) in [4.78, 5) is 35.1. The highest BCUT2D eigenvalue weighted by atomic mass is 16.5. The van der Waals surface area contributed by atoms with Gasteiger partial charge >= 0.3 is 5.97 Å². The van der Waals surface area contributed by atoms with Crippen LogP contribution in [0.3, 0.4) is 0 Å². The second-order valence-corrected chi connectivity index (χ2v) is 5.39. The van der Waals surface area contributed by atoms with E-state index in [9.17, 15) is 19.5 Å². The van der Waals surface area contributed by atoms with Gasteiger partial charge in [-0.3, -0.25) is 9.59 Å². The molecule has 0 rings (SSSR count). The van der Waals surface area contributed by atoms with E-state index in [0.717, 1.165) is 6.42 Å². The van der Waals surface area contributed by atoms with E-state index in [0.29, 0.717) is 6.54 Å². The van der Waals surface area contributed by atoms with Crippen molar-refractivity contribution >= 4 is 17.8 Å². The third kappa shape index (κ3) is 7.97. The van der Waals surface area contributed by atoms with Gasteiger partial charge in [0.1, 0.15) is 12.1 Å². The largest absolute Gasteiger partial charge is 0.464 e. The van der Waals surface area contributed by atoms with Crippen molar-refractivity contribution in [3.63, 3.8) is 0 Å². The summed E-state index contributed by atoms with van der Waals surface area (Å²) in [5.74, 6) is -1.57. The Morgan fingerprint density at radius 2 is 1.82 bits per heavy atom. The first-order chi connectivity index (χ1) is 10.3. The van der Waals surface area contributed by atoms with E-state index in [1.807, 2.05) is 6.92 Å². The number of carbonyl (C=O) groups excluding carboxylic acids is 3. The van der Waals surface area contributed by atoms with Crippen LogP contribution in [0.25, 0.3) is 0 Å². The molecule has 0 aromatic heterocycles. The summed E-state index contributed by atoms with van der Waals surface area (Å²) in [5.41, 5.74) is 0. The Morgan fingerprint density at radius 3 is 2.32 bits per heavy atom. The number of ether oxygens (including phenoxy) is 1. The van der Waals surface area contributed by atoms with Gasteiger partial charge in [0, 0.05) is 13.0 Å². The van der Waals surface area contributed by atoms with Crippen LogP contribution in [-0.2, 0) is 19.1 Å². The van der Waals surface area contributed by atoms with E-state index in [1.165, 1.54) is 0 Å². The van der Waals surface area contributed by atoms with Crippen LogP contribution in [0, 0.1) is 5.92 Å². The summed E-state index contributed by atoms with van der Waals surface area (Å²) in [6, 6.07) is -0.809. The smallest absolute Gasteiger partial charge is 0.328 e. The van der Waals surface area contributed by atoms with Crippen molar-refractivity contribution < 1.29 is 24.2 Å². The normalized spacial score (nSPS) is 13.4. The zero-order chi connectivity index (χ0) is 17.1. The number of aliphatic hydroxyl groups is 1. The number of hydrogen-bond acceptors (Lipinski definition) is 5. The first-order valence-electron chi connectivity index (χ1n) is 7.75. The second kappa shape index (κ2) is 11.0. The van der Waals surface area contributed by atoms with Crippen LogP contribution in [-0.4, -0.2) is 48.2 Å². The molecule has 0 saturated heterocycles. The van der Waals surface area contributed by atoms with E-state index < -0.39 is 24.0 Å². The Kier molecular flexibility index (Phi) is 10.2. The van der Waals surface area contributed by atoms with E-state index in [2.05, 4.69) is 10.6 Å². The molecule has 0 fully saturated rings. The van der Waals surface area contributed by atoms with Gasteiger partial charge in [0.25, 0.3) is 0 Å². The Bertz CT molecular complexity index is 371. The summed E-state index contributed by atoms with van der Waals surface area (Å²) >= 11 is 0. The van der Waals surface area contributed by atoms with Crippen LogP contribution in [0.5, 0.6) is 0 Å². The maximum absolute atomic E-state index is 11.9. The minimum absolute atomic E-state index is 0.00895. The molecule has 1 unspecified atom stereocenters. The average molecular weight is 316 g/mol. The summed E-state index contributed by atoms with van der Waals surface area (Å²) in [6.07, 6.45) is -0.442. The molecule has 128 valence electrons. The van der Waals surface area contributed by atoms with Gasteiger partial charge in [0.2, 0.25) is 11.8 Å². The fraction of sp³-hybridized carbons (Fsp3) is 0.800. The lowest BCUT2D eigenvalue weighted by Crippen LogP contribution is -2.49. The fourth-order valence-electron chi connectivity index (χ4n) is 1.73. The second-order valence-electron chi connectivity index (χ2n) is 5.39. The Morgan fingerprint density at radius 1 is 1.18 bits per heavy atom. The van der Waals surface area contributed by atoms with Crippen LogP contribution in [0.1, 0.15) is 47.0 Å². The molecule has 0 aliphatic carbocycles. The highest BCUT2D eigenvalue weighted by Gasteiger charge is 2.28. The first kappa shape index (κ1) is 20.4. The van der Waals surface area contributed by atoms with Gasteiger partial charge in [-0.25, -0.2) is 4.79 Å². The summed E-state index contributed by atoms with van der Waals surface area (Å²) in [6.45, 7) is 7.95. The van der Waals surface area contributed by atoms with Crippen molar-refractivity contribution in [3.05, 3.63) is 0 Å². The lowest BCUT2D eigenvalue weighted by Gasteiger charge is -2.22. The molecule has 7 heteroatoms. The van der Waals surface area contributed by atoms with Gasteiger partial charge in [-0.05, 0) is 25.7 Å². The third-order valence-electron chi connectivity index (χ3n) is 3.02. The van der Waals surface area contributed by atoms with Crippen molar-refractivity contribution in [2.24, 2.45) is 5.92 Å². The monoisotopic (exact) mass is 316 g/mol. The number of hydrogen-bond donors (Lipinski definition) is 3. The molecule has 0 aliphatic heterocycles. The summed E-state index contributed by atoms with van der Waals surface area (Å²) in [7, 11) is 0. The van der Waals surface area contributed by atoms with Crippen LogP contribution < -0.4 is 10.6 Å². The number of aliphatic hydroxyl groups excluding tert-OH is 1. The molecule has 0 bridgehead atoms.